The number of aromatic nitrogens is 2. The minimum atomic E-state index is 0.326. The molecule has 0 aliphatic heterocycles. The molecule has 0 amide bonds. The predicted molar refractivity (Wildman–Crippen MR) is 114 cm³/mol. The Morgan fingerprint density at radius 3 is 2.39 bits per heavy atom. The number of ether oxygens (including phenoxy) is 1. The molecule has 0 saturated carbocycles. The molecule has 1 heterocycles. The topological polar surface area (TPSA) is 73.1 Å². The smallest absolute Gasteiger partial charge is 0.248 e. The third kappa shape index (κ3) is 3.74. The van der Waals surface area contributed by atoms with Gasteiger partial charge in [-0.05, 0) is 46.5 Å². The molecule has 4 aromatic rings. The maximum absolute atomic E-state index is 6.26. The molecular weight excluding hydrogens is 348 g/mol. The standard InChI is InChI=1S/C23H22N4O/c1-15(2)16-7-10-19(11-8-16)27-22-21(24)23(26-14-25-22)28-20-12-9-17-5-3-4-6-18(17)13-20/h3-15H,24H2,1-2H3,(H,25,26,27). The van der Waals surface area contributed by atoms with Crippen molar-refractivity contribution < 1.29 is 4.74 Å². The number of hydrogen-bond acceptors (Lipinski definition) is 5. The molecule has 0 atom stereocenters. The Hall–Kier alpha value is -3.60. The van der Waals surface area contributed by atoms with E-state index in [1.54, 1.807) is 0 Å². The number of nitrogens with one attached hydrogen (secondary N) is 1. The number of hydrogen-bond donors (Lipinski definition) is 2. The predicted octanol–water partition coefficient (Wildman–Crippen LogP) is 5.87. The fourth-order valence-corrected chi connectivity index (χ4v) is 2.99. The van der Waals surface area contributed by atoms with Crippen LogP contribution in [-0.2, 0) is 0 Å². The van der Waals surface area contributed by atoms with E-state index in [9.17, 15) is 0 Å². The Morgan fingerprint density at radius 2 is 1.64 bits per heavy atom. The fraction of sp³-hybridized carbons (Fsp3) is 0.130. The highest BCUT2D eigenvalue weighted by Gasteiger charge is 2.11. The van der Waals surface area contributed by atoms with E-state index in [-0.39, 0.29) is 0 Å². The van der Waals surface area contributed by atoms with E-state index in [2.05, 4.69) is 47.3 Å². The summed E-state index contributed by atoms with van der Waals surface area (Å²) >= 11 is 0. The summed E-state index contributed by atoms with van der Waals surface area (Å²) in [6.45, 7) is 4.34. The molecule has 5 heteroatoms. The molecule has 0 saturated heterocycles. The van der Waals surface area contributed by atoms with Gasteiger partial charge in [0.2, 0.25) is 5.88 Å². The summed E-state index contributed by atoms with van der Waals surface area (Å²) in [5.74, 6) is 2.01. The van der Waals surface area contributed by atoms with Gasteiger partial charge >= 0.3 is 0 Å². The molecule has 3 aromatic carbocycles. The second-order valence-electron chi connectivity index (χ2n) is 6.95. The van der Waals surface area contributed by atoms with Crippen LogP contribution in [0, 0.1) is 0 Å². The Morgan fingerprint density at radius 1 is 0.893 bits per heavy atom. The molecule has 3 N–H and O–H groups in total. The molecule has 0 unspecified atom stereocenters. The fourth-order valence-electron chi connectivity index (χ4n) is 2.99. The molecule has 0 spiro atoms. The number of rotatable bonds is 5. The second-order valence-corrected chi connectivity index (χ2v) is 6.95. The van der Waals surface area contributed by atoms with Crippen LogP contribution >= 0.6 is 0 Å². The summed E-state index contributed by atoms with van der Waals surface area (Å²) in [5, 5.41) is 5.48. The van der Waals surface area contributed by atoms with E-state index in [0.29, 0.717) is 29.1 Å². The third-order valence-electron chi connectivity index (χ3n) is 4.62. The molecule has 4 rings (SSSR count). The zero-order valence-electron chi connectivity index (χ0n) is 15.9. The van der Waals surface area contributed by atoms with Crippen molar-refractivity contribution in [2.75, 3.05) is 11.1 Å². The van der Waals surface area contributed by atoms with Crippen LogP contribution in [0.1, 0.15) is 25.3 Å². The van der Waals surface area contributed by atoms with Gasteiger partial charge in [-0.15, -0.1) is 0 Å². The monoisotopic (exact) mass is 370 g/mol. The van der Waals surface area contributed by atoms with Crippen molar-refractivity contribution in [3.8, 4) is 11.6 Å². The number of nitrogen functional groups attached to an aromatic ring is 1. The van der Waals surface area contributed by atoms with E-state index in [1.165, 1.54) is 11.9 Å². The first kappa shape index (κ1) is 17.8. The lowest BCUT2D eigenvalue weighted by Crippen LogP contribution is -2.03. The zero-order valence-corrected chi connectivity index (χ0v) is 15.9. The van der Waals surface area contributed by atoms with Crippen molar-refractivity contribution in [2.45, 2.75) is 19.8 Å². The van der Waals surface area contributed by atoms with Crippen LogP contribution in [0.5, 0.6) is 11.6 Å². The Bertz CT molecular complexity index is 1110. The minimum absolute atomic E-state index is 0.326. The Balaban J connectivity index is 1.57. The lowest BCUT2D eigenvalue weighted by Gasteiger charge is -2.13. The van der Waals surface area contributed by atoms with Gasteiger partial charge in [0.25, 0.3) is 0 Å². The van der Waals surface area contributed by atoms with Crippen molar-refractivity contribution in [1.82, 2.24) is 9.97 Å². The van der Waals surface area contributed by atoms with Crippen LogP contribution in [0.15, 0.2) is 73.1 Å². The lowest BCUT2D eigenvalue weighted by atomic mass is 10.0. The first-order valence-electron chi connectivity index (χ1n) is 9.24. The average Bonchev–Trinajstić information content (AvgIpc) is 2.71. The van der Waals surface area contributed by atoms with Crippen LogP contribution in [0.3, 0.4) is 0 Å². The maximum atomic E-state index is 6.26. The zero-order chi connectivity index (χ0) is 19.5. The van der Waals surface area contributed by atoms with Gasteiger partial charge in [0.15, 0.2) is 5.82 Å². The summed E-state index contributed by atoms with van der Waals surface area (Å²) in [6, 6.07) is 22.2. The number of fused-ring (bicyclic) bond motifs is 1. The molecule has 1 aromatic heterocycles. The SMILES string of the molecule is CC(C)c1ccc(Nc2ncnc(Oc3ccc4ccccc4c3)c2N)cc1. The van der Waals surface area contributed by atoms with Gasteiger partial charge in [-0.1, -0.05) is 56.3 Å². The molecular formula is C23H22N4O. The average molecular weight is 370 g/mol. The summed E-state index contributed by atoms with van der Waals surface area (Å²) in [6.07, 6.45) is 1.44. The normalized spacial score (nSPS) is 11.0. The second kappa shape index (κ2) is 7.56. The van der Waals surface area contributed by atoms with Crippen molar-refractivity contribution >= 4 is 28.0 Å². The Labute approximate surface area is 164 Å². The van der Waals surface area contributed by atoms with Crippen molar-refractivity contribution in [1.29, 1.82) is 0 Å². The highest BCUT2D eigenvalue weighted by atomic mass is 16.5. The lowest BCUT2D eigenvalue weighted by molar-refractivity contribution is 0.465. The van der Waals surface area contributed by atoms with Gasteiger partial charge in [-0.25, -0.2) is 4.98 Å². The van der Waals surface area contributed by atoms with E-state index >= 15 is 0 Å². The third-order valence-corrected chi connectivity index (χ3v) is 4.62. The molecule has 0 bridgehead atoms. The number of anilines is 3. The summed E-state index contributed by atoms with van der Waals surface area (Å²) < 4.78 is 5.93. The van der Waals surface area contributed by atoms with Crippen molar-refractivity contribution in [2.24, 2.45) is 0 Å². The van der Waals surface area contributed by atoms with Gasteiger partial charge in [0.1, 0.15) is 17.8 Å². The maximum Gasteiger partial charge on any atom is 0.248 e. The summed E-state index contributed by atoms with van der Waals surface area (Å²) in [5.41, 5.74) is 8.81. The summed E-state index contributed by atoms with van der Waals surface area (Å²) in [7, 11) is 0. The minimum Gasteiger partial charge on any atom is -0.437 e. The van der Waals surface area contributed by atoms with Crippen LogP contribution in [-0.4, -0.2) is 9.97 Å². The summed E-state index contributed by atoms with van der Waals surface area (Å²) in [4.78, 5) is 8.45. The highest BCUT2D eigenvalue weighted by Crippen LogP contribution is 2.32. The Kier molecular flexibility index (Phi) is 4.81. The molecule has 5 nitrogen and oxygen atoms in total. The van der Waals surface area contributed by atoms with Crippen molar-refractivity contribution in [3.05, 3.63) is 78.6 Å². The van der Waals surface area contributed by atoms with E-state index in [0.717, 1.165) is 16.5 Å². The molecule has 0 aliphatic carbocycles. The molecule has 0 aliphatic rings. The van der Waals surface area contributed by atoms with Gasteiger partial charge < -0.3 is 15.8 Å². The first-order chi connectivity index (χ1) is 13.6. The molecule has 0 radical (unpaired) electrons. The van der Waals surface area contributed by atoms with Gasteiger partial charge in [0.05, 0.1) is 0 Å². The van der Waals surface area contributed by atoms with E-state index < -0.39 is 0 Å². The number of nitrogens with zero attached hydrogens (tertiary/aromatic N) is 2. The van der Waals surface area contributed by atoms with E-state index in [1.807, 2.05) is 48.5 Å². The molecule has 140 valence electrons. The van der Waals surface area contributed by atoms with E-state index in [4.69, 9.17) is 10.5 Å². The largest absolute Gasteiger partial charge is 0.437 e. The van der Waals surface area contributed by atoms with Crippen molar-refractivity contribution in [3.63, 3.8) is 0 Å². The van der Waals surface area contributed by atoms with Gasteiger partial charge in [0, 0.05) is 5.69 Å². The highest BCUT2D eigenvalue weighted by molar-refractivity contribution is 5.84. The van der Waals surface area contributed by atoms with Crippen LogP contribution < -0.4 is 15.8 Å². The van der Waals surface area contributed by atoms with Crippen LogP contribution in [0.2, 0.25) is 0 Å². The van der Waals surface area contributed by atoms with Gasteiger partial charge in [-0.2, -0.15) is 4.98 Å². The van der Waals surface area contributed by atoms with Crippen LogP contribution in [0.25, 0.3) is 10.8 Å². The molecule has 0 fully saturated rings. The molecule has 28 heavy (non-hydrogen) atoms. The quantitative estimate of drug-likeness (QED) is 0.459. The van der Waals surface area contributed by atoms with Gasteiger partial charge in [-0.3, -0.25) is 0 Å². The number of benzene rings is 3. The van der Waals surface area contributed by atoms with Crippen LogP contribution in [0.4, 0.5) is 17.2 Å². The first-order valence-corrected chi connectivity index (χ1v) is 9.24. The number of nitrogens with two attached hydrogens (primary N) is 1.